The van der Waals surface area contributed by atoms with Gasteiger partial charge in [0.2, 0.25) is 5.91 Å². The molecule has 1 aliphatic rings. The van der Waals surface area contributed by atoms with Crippen LogP contribution in [0, 0.1) is 18.7 Å². The second-order valence-corrected chi connectivity index (χ2v) is 7.91. The summed E-state index contributed by atoms with van der Waals surface area (Å²) in [6.45, 7) is 3.83. The first-order valence-corrected chi connectivity index (χ1v) is 10.4. The Hall–Kier alpha value is -3.48. The number of hydrogen-bond acceptors (Lipinski definition) is 4. The van der Waals surface area contributed by atoms with E-state index < -0.39 is 0 Å². The Balaban J connectivity index is 1.45. The van der Waals surface area contributed by atoms with Crippen molar-refractivity contribution >= 4 is 11.7 Å². The van der Waals surface area contributed by atoms with Gasteiger partial charge in [-0.3, -0.25) is 9.59 Å². The largest absolute Gasteiger partial charge is 0.354 e. The monoisotopic (exact) mass is 420 g/mol. The van der Waals surface area contributed by atoms with E-state index in [4.69, 9.17) is 0 Å². The zero-order valence-electron chi connectivity index (χ0n) is 17.4. The Kier molecular flexibility index (Phi) is 6.11. The van der Waals surface area contributed by atoms with Crippen LogP contribution in [-0.2, 0) is 11.3 Å². The van der Waals surface area contributed by atoms with Gasteiger partial charge >= 0.3 is 0 Å². The van der Waals surface area contributed by atoms with Gasteiger partial charge in [0.25, 0.3) is 5.56 Å². The Bertz CT molecular complexity index is 1130. The Morgan fingerprint density at radius 3 is 2.74 bits per heavy atom. The van der Waals surface area contributed by atoms with Crippen molar-refractivity contribution in [1.29, 1.82) is 0 Å². The zero-order valence-corrected chi connectivity index (χ0v) is 17.4. The molecule has 0 aliphatic carbocycles. The molecule has 1 aliphatic heterocycles. The van der Waals surface area contributed by atoms with Crippen molar-refractivity contribution in [3.05, 3.63) is 88.0 Å². The summed E-state index contributed by atoms with van der Waals surface area (Å²) in [6, 6.07) is 16.8. The van der Waals surface area contributed by atoms with Gasteiger partial charge in [-0.2, -0.15) is 4.68 Å². The van der Waals surface area contributed by atoms with E-state index in [1.54, 1.807) is 6.07 Å². The zero-order chi connectivity index (χ0) is 21.8. The summed E-state index contributed by atoms with van der Waals surface area (Å²) < 4.78 is 14.5. The highest BCUT2D eigenvalue weighted by Gasteiger charge is 2.26. The molecule has 1 N–H and O–H groups in total. The molecule has 1 aromatic heterocycles. The molecule has 1 saturated heterocycles. The topological polar surface area (TPSA) is 67.2 Å². The van der Waals surface area contributed by atoms with E-state index in [1.807, 2.05) is 30.0 Å². The summed E-state index contributed by atoms with van der Waals surface area (Å²) in [7, 11) is 0. The number of nitrogens with zero attached hydrogens (tertiary/aromatic N) is 3. The Morgan fingerprint density at radius 2 is 1.97 bits per heavy atom. The molecule has 4 rings (SSSR count). The minimum atomic E-state index is -0.372. The lowest BCUT2D eigenvalue weighted by Crippen LogP contribution is -2.43. The minimum Gasteiger partial charge on any atom is -0.354 e. The van der Waals surface area contributed by atoms with Gasteiger partial charge in [-0.05, 0) is 55.7 Å². The normalized spacial score (nSPS) is 16.2. The molecule has 1 amide bonds. The van der Waals surface area contributed by atoms with Crippen LogP contribution in [0.2, 0.25) is 0 Å². The molecular weight excluding hydrogens is 395 g/mol. The lowest BCUT2D eigenvalue weighted by Gasteiger charge is -2.33. The summed E-state index contributed by atoms with van der Waals surface area (Å²) in [4.78, 5) is 27.1. The lowest BCUT2D eigenvalue weighted by molar-refractivity contribution is -0.125. The molecule has 2 heterocycles. The van der Waals surface area contributed by atoms with Crippen LogP contribution >= 0.6 is 0 Å². The molecule has 6 nitrogen and oxygen atoms in total. The summed E-state index contributed by atoms with van der Waals surface area (Å²) >= 11 is 0. The number of halogens is 1. The van der Waals surface area contributed by atoms with Crippen LogP contribution in [-0.4, -0.2) is 28.8 Å². The fraction of sp³-hybridized carbons (Fsp3) is 0.292. The number of benzene rings is 2. The van der Waals surface area contributed by atoms with Crippen LogP contribution in [0.25, 0.3) is 5.69 Å². The van der Waals surface area contributed by atoms with Crippen LogP contribution in [0.4, 0.5) is 10.2 Å². The van der Waals surface area contributed by atoms with Crippen LogP contribution in [0.3, 0.4) is 0 Å². The first-order valence-electron chi connectivity index (χ1n) is 10.4. The van der Waals surface area contributed by atoms with Gasteiger partial charge in [-0.25, -0.2) is 4.39 Å². The molecule has 0 bridgehead atoms. The summed E-state index contributed by atoms with van der Waals surface area (Å²) in [6.07, 6.45) is 1.67. The van der Waals surface area contributed by atoms with E-state index in [0.717, 1.165) is 30.5 Å². The quantitative estimate of drug-likeness (QED) is 0.688. The number of piperidine rings is 1. The number of carbonyl (C=O) groups excluding carboxylic acids is 1. The molecule has 0 unspecified atom stereocenters. The molecule has 31 heavy (non-hydrogen) atoms. The number of anilines is 1. The Labute approximate surface area is 180 Å². The van der Waals surface area contributed by atoms with Crippen molar-refractivity contribution < 1.29 is 9.18 Å². The number of nitrogens with one attached hydrogen (secondary N) is 1. The Morgan fingerprint density at radius 1 is 1.16 bits per heavy atom. The number of hydrogen-bond donors (Lipinski definition) is 1. The van der Waals surface area contributed by atoms with Crippen LogP contribution in [0.15, 0.2) is 65.5 Å². The standard InChI is InChI=1S/C24H25FN4O2/c1-17-4-2-5-18(14-17)15-26-24(31)19-6-3-13-28(16-19)22-11-12-23(30)29(27-22)21-9-7-20(25)8-10-21/h2,4-5,7-12,14,19H,3,6,13,15-16H2,1H3,(H,26,31)/t19-/m0/s1. The van der Waals surface area contributed by atoms with E-state index in [0.29, 0.717) is 24.6 Å². The fourth-order valence-electron chi connectivity index (χ4n) is 3.89. The molecule has 0 saturated carbocycles. The summed E-state index contributed by atoms with van der Waals surface area (Å²) in [5.41, 5.74) is 2.45. The average Bonchev–Trinajstić information content (AvgIpc) is 2.79. The molecule has 3 aromatic rings. The summed E-state index contributed by atoms with van der Waals surface area (Å²) in [5, 5.41) is 7.51. The second-order valence-electron chi connectivity index (χ2n) is 7.91. The van der Waals surface area contributed by atoms with Gasteiger partial charge in [0, 0.05) is 25.7 Å². The molecule has 160 valence electrons. The van der Waals surface area contributed by atoms with E-state index in [-0.39, 0.29) is 23.2 Å². The van der Waals surface area contributed by atoms with Crippen LogP contribution < -0.4 is 15.8 Å². The number of rotatable bonds is 5. The molecule has 2 aromatic carbocycles. The number of aromatic nitrogens is 2. The third-order valence-electron chi connectivity index (χ3n) is 5.52. The second kappa shape index (κ2) is 9.12. The van der Waals surface area contributed by atoms with E-state index in [9.17, 15) is 14.0 Å². The van der Waals surface area contributed by atoms with Crippen LogP contribution in [0.5, 0.6) is 0 Å². The number of amides is 1. The highest BCUT2D eigenvalue weighted by molar-refractivity contribution is 5.79. The predicted octanol–water partition coefficient (Wildman–Crippen LogP) is 3.21. The summed E-state index contributed by atoms with van der Waals surface area (Å²) in [5.74, 6) is 0.133. The first kappa shape index (κ1) is 20.8. The van der Waals surface area contributed by atoms with Gasteiger partial charge in [0.1, 0.15) is 11.6 Å². The van der Waals surface area contributed by atoms with Crippen molar-refractivity contribution in [2.24, 2.45) is 5.92 Å². The maximum Gasteiger partial charge on any atom is 0.271 e. The highest BCUT2D eigenvalue weighted by Crippen LogP contribution is 2.22. The molecule has 1 atom stereocenters. The average molecular weight is 420 g/mol. The van der Waals surface area contributed by atoms with Crippen molar-refractivity contribution in [2.75, 3.05) is 18.0 Å². The van der Waals surface area contributed by atoms with Gasteiger partial charge < -0.3 is 10.2 Å². The number of carbonyl (C=O) groups is 1. The third-order valence-corrected chi connectivity index (χ3v) is 5.52. The smallest absolute Gasteiger partial charge is 0.271 e. The first-order chi connectivity index (χ1) is 15.0. The maximum atomic E-state index is 13.2. The highest BCUT2D eigenvalue weighted by atomic mass is 19.1. The van der Waals surface area contributed by atoms with Crippen molar-refractivity contribution in [3.63, 3.8) is 0 Å². The predicted molar refractivity (Wildman–Crippen MR) is 118 cm³/mol. The van der Waals surface area contributed by atoms with E-state index in [2.05, 4.69) is 16.5 Å². The van der Waals surface area contributed by atoms with Gasteiger partial charge in [-0.1, -0.05) is 29.8 Å². The molecule has 1 fully saturated rings. The van der Waals surface area contributed by atoms with E-state index in [1.165, 1.54) is 35.0 Å². The SMILES string of the molecule is Cc1cccc(CNC(=O)[C@H]2CCCN(c3ccc(=O)n(-c4ccc(F)cc4)n3)C2)c1. The van der Waals surface area contributed by atoms with Crippen molar-refractivity contribution in [3.8, 4) is 5.69 Å². The van der Waals surface area contributed by atoms with Gasteiger partial charge in [-0.15, -0.1) is 5.10 Å². The molecular formula is C24H25FN4O2. The maximum absolute atomic E-state index is 13.2. The lowest BCUT2D eigenvalue weighted by atomic mass is 9.97. The van der Waals surface area contributed by atoms with Gasteiger partial charge in [0.15, 0.2) is 0 Å². The number of aryl methyl sites for hydroxylation is 1. The van der Waals surface area contributed by atoms with Crippen LogP contribution in [0.1, 0.15) is 24.0 Å². The van der Waals surface area contributed by atoms with Gasteiger partial charge in [0.05, 0.1) is 11.6 Å². The fourth-order valence-corrected chi connectivity index (χ4v) is 3.89. The molecule has 0 radical (unpaired) electrons. The molecule has 7 heteroatoms. The third kappa shape index (κ3) is 4.99. The van der Waals surface area contributed by atoms with Crippen molar-refractivity contribution in [1.82, 2.24) is 15.1 Å². The van der Waals surface area contributed by atoms with Crippen molar-refractivity contribution in [2.45, 2.75) is 26.3 Å². The van der Waals surface area contributed by atoms with E-state index >= 15 is 0 Å². The molecule has 0 spiro atoms. The minimum absolute atomic E-state index is 0.0260.